The van der Waals surface area contributed by atoms with Gasteiger partial charge in [-0.3, -0.25) is 4.79 Å². The van der Waals surface area contributed by atoms with E-state index in [4.69, 9.17) is 51.1 Å². The Hall–Kier alpha value is -0.190. The summed E-state index contributed by atoms with van der Waals surface area (Å²) in [6, 6.07) is 5.11. The molecular formula is C13H15Cl4NO2. The van der Waals surface area contributed by atoms with Crippen LogP contribution < -0.4 is 0 Å². The van der Waals surface area contributed by atoms with Crippen LogP contribution in [0.4, 0.5) is 0 Å². The van der Waals surface area contributed by atoms with Crippen LogP contribution in [0.15, 0.2) is 18.2 Å². The molecule has 0 saturated carbocycles. The number of hydrogen-bond donors (Lipinski definition) is 0. The molecule has 3 nitrogen and oxygen atoms in total. The SMILES string of the molecule is CCOCCN(Cc1ccc(Cl)cc1Cl)C(=O)C(Cl)Cl. The number of rotatable bonds is 7. The van der Waals surface area contributed by atoms with Crippen LogP contribution in [0.2, 0.25) is 10.0 Å². The summed E-state index contributed by atoms with van der Waals surface area (Å²) in [7, 11) is 0. The van der Waals surface area contributed by atoms with Gasteiger partial charge < -0.3 is 9.64 Å². The maximum Gasteiger partial charge on any atom is 0.256 e. The number of carbonyl (C=O) groups is 1. The van der Waals surface area contributed by atoms with E-state index in [2.05, 4.69) is 0 Å². The Kier molecular flexibility index (Phi) is 8.00. The van der Waals surface area contributed by atoms with Crippen molar-refractivity contribution in [1.82, 2.24) is 4.90 Å². The maximum absolute atomic E-state index is 12.0. The summed E-state index contributed by atoms with van der Waals surface area (Å²) in [4.78, 5) is 12.4. The van der Waals surface area contributed by atoms with Crippen LogP contribution in [-0.4, -0.2) is 35.4 Å². The second-order valence-electron chi connectivity index (χ2n) is 3.99. The first kappa shape index (κ1) is 17.9. The summed E-state index contributed by atoms with van der Waals surface area (Å²) in [5.74, 6) is -0.376. The molecule has 0 aliphatic rings. The molecule has 0 bridgehead atoms. The largest absolute Gasteiger partial charge is 0.380 e. The topological polar surface area (TPSA) is 29.5 Å². The van der Waals surface area contributed by atoms with Crippen molar-refractivity contribution in [2.75, 3.05) is 19.8 Å². The number of carbonyl (C=O) groups excluding carboxylic acids is 1. The fraction of sp³-hybridized carbons (Fsp3) is 0.462. The van der Waals surface area contributed by atoms with Gasteiger partial charge in [0.05, 0.1) is 6.61 Å². The molecule has 1 aromatic rings. The molecule has 1 rings (SSSR count). The third-order valence-electron chi connectivity index (χ3n) is 2.58. The predicted octanol–water partition coefficient (Wildman–Crippen LogP) is 4.16. The lowest BCUT2D eigenvalue weighted by molar-refractivity contribution is -0.130. The molecule has 0 aromatic heterocycles. The van der Waals surface area contributed by atoms with E-state index in [0.717, 1.165) is 5.56 Å². The first-order chi connectivity index (χ1) is 9.45. The molecule has 7 heteroatoms. The number of hydrogen-bond acceptors (Lipinski definition) is 2. The zero-order valence-corrected chi connectivity index (χ0v) is 13.9. The van der Waals surface area contributed by atoms with Crippen LogP contribution in [0.25, 0.3) is 0 Å². The van der Waals surface area contributed by atoms with Gasteiger partial charge >= 0.3 is 0 Å². The first-order valence-corrected chi connectivity index (χ1v) is 7.67. The molecule has 1 amide bonds. The number of amides is 1. The van der Waals surface area contributed by atoms with Crippen LogP contribution in [0.5, 0.6) is 0 Å². The monoisotopic (exact) mass is 357 g/mol. The maximum atomic E-state index is 12.0. The van der Waals surface area contributed by atoms with Gasteiger partial charge in [-0.15, -0.1) is 0 Å². The molecule has 0 aliphatic carbocycles. The highest BCUT2D eigenvalue weighted by Crippen LogP contribution is 2.23. The Bertz CT molecular complexity index is 454. The molecular weight excluding hydrogens is 344 g/mol. The Balaban J connectivity index is 2.79. The average Bonchev–Trinajstić information content (AvgIpc) is 2.39. The van der Waals surface area contributed by atoms with Crippen molar-refractivity contribution in [1.29, 1.82) is 0 Å². The minimum Gasteiger partial charge on any atom is -0.380 e. The molecule has 0 aliphatic heterocycles. The third-order valence-corrected chi connectivity index (χ3v) is 3.54. The Morgan fingerprint density at radius 1 is 1.35 bits per heavy atom. The molecule has 0 saturated heterocycles. The van der Waals surface area contributed by atoms with E-state index in [0.29, 0.717) is 36.3 Å². The minimum absolute atomic E-state index is 0.303. The van der Waals surface area contributed by atoms with Gasteiger partial charge in [-0.05, 0) is 24.6 Å². The third kappa shape index (κ3) is 5.66. The minimum atomic E-state index is -1.11. The normalized spacial score (nSPS) is 10.9. The van der Waals surface area contributed by atoms with Crippen LogP contribution in [0.1, 0.15) is 12.5 Å². The molecule has 20 heavy (non-hydrogen) atoms. The smallest absolute Gasteiger partial charge is 0.256 e. The lowest BCUT2D eigenvalue weighted by atomic mass is 10.2. The van der Waals surface area contributed by atoms with Crippen molar-refractivity contribution >= 4 is 52.3 Å². The standard InChI is InChI=1S/C13H15Cl4NO2/c1-2-20-6-5-18(13(19)12(16)17)8-9-3-4-10(14)7-11(9)15/h3-4,7,12H,2,5-6,8H2,1H3. The number of benzene rings is 1. The molecule has 0 fully saturated rings. The van der Waals surface area contributed by atoms with E-state index in [-0.39, 0.29) is 5.91 Å². The van der Waals surface area contributed by atoms with Gasteiger partial charge in [-0.1, -0.05) is 52.5 Å². The van der Waals surface area contributed by atoms with Gasteiger partial charge in [0, 0.05) is 29.7 Å². The van der Waals surface area contributed by atoms with Crippen molar-refractivity contribution < 1.29 is 9.53 Å². The van der Waals surface area contributed by atoms with E-state index < -0.39 is 4.84 Å². The van der Waals surface area contributed by atoms with Crippen molar-refractivity contribution in [2.45, 2.75) is 18.3 Å². The fourth-order valence-corrected chi connectivity index (χ4v) is 2.32. The van der Waals surface area contributed by atoms with Gasteiger partial charge in [0.2, 0.25) is 0 Å². The Morgan fingerprint density at radius 3 is 2.60 bits per heavy atom. The number of halogens is 4. The Labute approximate surface area is 138 Å². The molecule has 0 unspecified atom stereocenters. The highest BCUT2D eigenvalue weighted by atomic mass is 35.5. The second-order valence-corrected chi connectivity index (χ2v) is 5.93. The fourth-order valence-electron chi connectivity index (χ4n) is 1.58. The lowest BCUT2D eigenvalue weighted by Gasteiger charge is -2.23. The van der Waals surface area contributed by atoms with Crippen molar-refractivity contribution in [3.63, 3.8) is 0 Å². The number of ether oxygens (including phenoxy) is 1. The van der Waals surface area contributed by atoms with E-state index >= 15 is 0 Å². The van der Waals surface area contributed by atoms with Gasteiger partial charge in [0.1, 0.15) is 0 Å². The van der Waals surface area contributed by atoms with Gasteiger partial charge in [0.15, 0.2) is 4.84 Å². The summed E-state index contributed by atoms with van der Waals surface area (Å²) in [5, 5.41) is 1.03. The summed E-state index contributed by atoms with van der Waals surface area (Å²) in [5.41, 5.74) is 0.773. The van der Waals surface area contributed by atoms with Crippen LogP contribution in [0.3, 0.4) is 0 Å². The molecule has 112 valence electrons. The number of alkyl halides is 2. The van der Waals surface area contributed by atoms with Crippen molar-refractivity contribution in [3.05, 3.63) is 33.8 Å². The van der Waals surface area contributed by atoms with Gasteiger partial charge in [-0.2, -0.15) is 0 Å². The van der Waals surface area contributed by atoms with E-state index in [9.17, 15) is 4.79 Å². The predicted molar refractivity (Wildman–Crippen MR) is 83.9 cm³/mol. The molecule has 0 heterocycles. The molecule has 0 atom stereocenters. The summed E-state index contributed by atoms with van der Waals surface area (Å²) in [6.07, 6.45) is 0. The van der Waals surface area contributed by atoms with E-state index in [1.54, 1.807) is 18.2 Å². The van der Waals surface area contributed by atoms with Crippen LogP contribution in [0, 0.1) is 0 Å². The summed E-state index contributed by atoms with van der Waals surface area (Å²) >= 11 is 23.2. The second kappa shape index (κ2) is 8.96. The highest BCUT2D eigenvalue weighted by molar-refractivity contribution is 6.53. The average molecular weight is 359 g/mol. The van der Waals surface area contributed by atoms with E-state index in [1.807, 2.05) is 6.92 Å². The van der Waals surface area contributed by atoms with Crippen molar-refractivity contribution in [3.8, 4) is 0 Å². The molecule has 0 N–H and O–H groups in total. The van der Waals surface area contributed by atoms with Crippen molar-refractivity contribution in [2.24, 2.45) is 0 Å². The highest BCUT2D eigenvalue weighted by Gasteiger charge is 2.21. The summed E-state index contributed by atoms with van der Waals surface area (Å²) < 4.78 is 5.25. The Morgan fingerprint density at radius 2 is 2.05 bits per heavy atom. The zero-order valence-electron chi connectivity index (χ0n) is 10.9. The first-order valence-electron chi connectivity index (χ1n) is 6.04. The molecule has 0 radical (unpaired) electrons. The van der Waals surface area contributed by atoms with Gasteiger partial charge in [0.25, 0.3) is 5.91 Å². The quantitative estimate of drug-likeness (QED) is 0.541. The zero-order chi connectivity index (χ0) is 15.1. The lowest BCUT2D eigenvalue weighted by Crippen LogP contribution is -2.37. The van der Waals surface area contributed by atoms with Crippen LogP contribution in [-0.2, 0) is 16.1 Å². The molecule has 0 spiro atoms. The van der Waals surface area contributed by atoms with Crippen LogP contribution >= 0.6 is 46.4 Å². The molecule has 1 aromatic carbocycles. The van der Waals surface area contributed by atoms with Gasteiger partial charge in [-0.25, -0.2) is 0 Å². The van der Waals surface area contributed by atoms with E-state index in [1.165, 1.54) is 4.90 Å². The summed E-state index contributed by atoms with van der Waals surface area (Å²) in [6.45, 7) is 3.57. The number of nitrogens with zero attached hydrogens (tertiary/aromatic N) is 1.